The smallest absolute Gasteiger partial charge is 0.341 e. The lowest BCUT2D eigenvalue weighted by Gasteiger charge is -2.07. The van der Waals surface area contributed by atoms with Crippen LogP contribution in [0.15, 0.2) is 0 Å². The fourth-order valence-corrected chi connectivity index (χ4v) is 3.84. The molecule has 4 nitrogen and oxygen atoms in total. The van der Waals surface area contributed by atoms with Gasteiger partial charge in [-0.2, -0.15) is 0 Å². The van der Waals surface area contributed by atoms with E-state index >= 15 is 0 Å². The predicted molar refractivity (Wildman–Crippen MR) is 106 cm³/mol. The molecule has 0 bridgehead atoms. The molecule has 1 heterocycles. The number of aryl methyl sites for hydroxylation is 1. The Labute approximate surface area is 156 Å². The van der Waals surface area contributed by atoms with E-state index in [2.05, 4.69) is 12.2 Å². The van der Waals surface area contributed by atoms with Gasteiger partial charge in [0.05, 0.1) is 12.2 Å². The average molecular weight is 368 g/mol. The van der Waals surface area contributed by atoms with Gasteiger partial charge >= 0.3 is 5.97 Å². The van der Waals surface area contributed by atoms with E-state index in [1.54, 1.807) is 6.92 Å². The van der Waals surface area contributed by atoms with Crippen LogP contribution in [-0.2, 0) is 9.53 Å². The maximum absolute atomic E-state index is 12.2. The van der Waals surface area contributed by atoms with Crippen molar-refractivity contribution in [3.63, 3.8) is 0 Å². The summed E-state index contributed by atoms with van der Waals surface area (Å²) in [7, 11) is 0. The quantitative estimate of drug-likeness (QED) is 0.363. The molecule has 0 aromatic carbocycles. The number of amides is 1. The normalized spacial score (nSPS) is 10.7. The van der Waals surface area contributed by atoms with Gasteiger partial charge in [-0.05, 0) is 32.8 Å². The van der Waals surface area contributed by atoms with Crippen LogP contribution in [0, 0.1) is 13.8 Å². The first kappa shape index (κ1) is 21.7. The number of ether oxygens (including phenoxy) is 1. The number of unbranched alkanes of at least 4 members (excludes halogenated alkanes) is 7. The molecular formula is C20H33NO3S. The molecule has 1 aromatic heterocycles. The molecule has 142 valence electrons. The molecule has 0 saturated heterocycles. The fourth-order valence-electron chi connectivity index (χ4n) is 2.77. The van der Waals surface area contributed by atoms with Gasteiger partial charge in [-0.1, -0.05) is 51.9 Å². The molecule has 1 N–H and O–H groups in total. The lowest BCUT2D eigenvalue weighted by Crippen LogP contribution is -2.14. The molecule has 1 amide bonds. The first-order valence-corrected chi connectivity index (χ1v) is 10.4. The number of thiophene rings is 1. The van der Waals surface area contributed by atoms with Gasteiger partial charge in [0.15, 0.2) is 0 Å². The van der Waals surface area contributed by atoms with Crippen LogP contribution in [0.4, 0.5) is 5.00 Å². The number of hydrogen-bond donors (Lipinski definition) is 1. The number of carbonyl (C=O) groups is 2. The SMILES string of the molecule is CCCCCCCCCCC(=O)Nc1sc(C)c(C)c1C(=O)OCC. The number of anilines is 1. The van der Waals surface area contributed by atoms with Crippen LogP contribution < -0.4 is 5.32 Å². The molecule has 0 saturated carbocycles. The van der Waals surface area contributed by atoms with E-state index in [0.29, 0.717) is 23.6 Å². The van der Waals surface area contributed by atoms with E-state index in [1.807, 2.05) is 13.8 Å². The van der Waals surface area contributed by atoms with E-state index < -0.39 is 0 Å². The van der Waals surface area contributed by atoms with Gasteiger partial charge in [-0.15, -0.1) is 11.3 Å². The Kier molecular flexibility index (Phi) is 10.5. The van der Waals surface area contributed by atoms with Crippen LogP contribution in [-0.4, -0.2) is 18.5 Å². The summed E-state index contributed by atoms with van der Waals surface area (Å²) in [6.45, 7) is 8.19. The van der Waals surface area contributed by atoms with Gasteiger partial charge in [-0.3, -0.25) is 4.79 Å². The van der Waals surface area contributed by atoms with Gasteiger partial charge in [0.2, 0.25) is 5.91 Å². The van der Waals surface area contributed by atoms with Crippen LogP contribution in [0.1, 0.15) is 92.4 Å². The lowest BCUT2D eigenvalue weighted by molar-refractivity contribution is -0.116. The second-order valence-electron chi connectivity index (χ2n) is 6.48. The van der Waals surface area contributed by atoms with E-state index in [0.717, 1.165) is 23.3 Å². The molecule has 1 aromatic rings. The summed E-state index contributed by atoms with van der Waals surface area (Å²) in [5, 5.41) is 3.53. The highest BCUT2D eigenvalue weighted by Crippen LogP contribution is 2.33. The number of esters is 1. The largest absolute Gasteiger partial charge is 0.462 e. The van der Waals surface area contributed by atoms with Crippen molar-refractivity contribution in [2.45, 2.75) is 85.5 Å². The highest BCUT2D eigenvalue weighted by molar-refractivity contribution is 7.16. The summed E-state index contributed by atoms with van der Waals surface area (Å²) in [4.78, 5) is 25.3. The molecule has 25 heavy (non-hydrogen) atoms. The molecule has 0 spiro atoms. The molecule has 0 unspecified atom stereocenters. The topological polar surface area (TPSA) is 55.4 Å². The van der Waals surface area contributed by atoms with Crippen molar-refractivity contribution in [1.82, 2.24) is 0 Å². The van der Waals surface area contributed by atoms with Crippen molar-refractivity contribution in [3.05, 3.63) is 16.0 Å². The molecule has 5 heteroatoms. The third kappa shape index (κ3) is 7.59. The third-order valence-electron chi connectivity index (χ3n) is 4.38. The van der Waals surface area contributed by atoms with Crippen LogP contribution in [0.25, 0.3) is 0 Å². The van der Waals surface area contributed by atoms with Crippen molar-refractivity contribution in [1.29, 1.82) is 0 Å². The predicted octanol–water partition coefficient (Wildman–Crippen LogP) is 6.01. The summed E-state index contributed by atoms with van der Waals surface area (Å²) in [6.07, 6.45) is 10.2. The van der Waals surface area contributed by atoms with Gasteiger partial charge < -0.3 is 10.1 Å². The minimum absolute atomic E-state index is 0.0159. The monoisotopic (exact) mass is 367 g/mol. The standard InChI is InChI=1S/C20H33NO3S/c1-5-7-8-9-10-11-12-13-14-17(22)21-19-18(20(23)24-6-2)15(3)16(4)25-19/h5-14H2,1-4H3,(H,21,22). The van der Waals surface area contributed by atoms with E-state index in [-0.39, 0.29) is 11.9 Å². The summed E-state index contributed by atoms with van der Waals surface area (Å²) in [5.41, 5.74) is 1.40. The molecule has 0 aliphatic rings. The third-order valence-corrected chi connectivity index (χ3v) is 5.50. The second kappa shape index (κ2) is 12.1. The van der Waals surface area contributed by atoms with E-state index in [1.165, 1.54) is 49.9 Å². The zero-order chi connectivity index (χ0) is 18.7. The minimum Gasteiger partial charge on any atom is -0.462 e. The van der Waals surface area contributed by atoms with Gasteiger partial charge in [0.25, 0.3) is 0 Å². The zero-order valence-corrected chi connectivity index (χ0v) is 17.0. The van der Waals surface area contributed by atoms with E-state index in [9.17, 15) is 9.59 Å². The van der Waals surface area contributed by atoms with Crippen LogP contribution in [0.5, 0.6) is 0 Å². The summed E-state index contributed by atoms with van der Waals surface area (Å²) < 4.78 is 5.11. The maximum atomic E-state index is 12.2. The van der Waals surface area contributed by atoms with Crippen molar-refractivity contribution in [3.8, 4) is 0 Å². The van der Waals surface area contributed by atoms with Crippen molar-refractivity contribution >= 4 is 28.2 Å². The Balaban J connectivity index is 2.39. The number of hydrogen-bond acceptors (Lipinski definition) is 4. The van der Waals surface area contributed by atoms with Crippen LogP contribution in [0.3, 0.4) is 0 Å². The number of nitrogens with one attached hydrogen (secondary N) is 1. The van der Waals surface area contributed by atoms with Gasteiger partial charge in [0, 0.05) is 11.3 Å². The molecule has 0 aliphatic heterocycles. The molecule has 0 atom stereocenters. The first-order chi connectivity index (χ1) is 12.0. The van der Waals surface area contributed by atoms with Crippen molar-refractivity contribution in [2.75, 3.05) is 11.9 Å². The average Bonchev–Trinajstić information content (AvgIpc) is 2.84. The minimum atomic E-state index is -0.355. The van der Waals surface area contributed by atoms with Gasteiger partial charge in [0.1, 0.15) is 5.00 Å². The highest BCUT2D eigenvalue weighted by Gasteiger charge is 2.21. The highest BCUT2D eigenvalue weighted by atomic mass is 32.1. The summed E-state index contributed by atoms with van der Waals surface area (Å²) in [5.74, 6) is -0.371. The molecule has 1 rings (SSSR count). The Hall–Kier alpha value is -1.36. The summed E-state index contributed by atoms with van der Waals surface area (Å²) in [6, 6.07) is 0. The Bertz CT molecular complexity index is 551. The van der Waals surface area contributed by atoms with Crippen LogP contribution in [0.2, 0.25) is 0 Å². The zero-order valence-electron chi connectivity index (χ0n) is 16.2. The Morgan fingerprint density at radius 1 is 0.960 bits per heavy atom. The Morgan fingerprint density at radius 3 is 2.16 bits per heavy atom. The molecule has 0 fully saturated rings. The fraction of sp³-hybridized carbons (Fsp3) is 0.700. The van der Waals surface area contributed by atoms with E-state index in [4.69, 9.17) is 4.74 Å². The molecule has 0 radical (unpaired) electrons. The molecular weight excluding hydrogens is 334 g/mol. The lowest BCUT2D eigenvalue weighted by atomic mass is 10.1. The number of rotatable bonds is 12. The van der Waals surface area contributed by atoms with Gasteiger partial charge in [-0.25, -0.2) is 4.79 Å². The van der Waals surface area contributed by atoms with Crippen molar-refractivity contribution < 1.29 is 14.3 Å². The maximum Gasteiger partial charge on any atom is 0.341 e. The Morgan fingerprint density at radius 2 is 1.56 bits per heavy atom. The molecule has 0 aliphatic carbocycles. The second-order valence-corrected chi connectivity index (χ2v) is 7.71. The first-order valence-electron chi connectivity index (χ1n) is 9.58. The van der Waals surface area contributed by atoms with Crippen LogP contribution >= 0.6 is 11.3 Å². The van der Waals surface area contributed by atoms with Crippen molar-refractivity contribution in [2.24, 2.45) is 0 Å². The summed E-state index contributed by atoms with van der Waals surface area (Å²) >= 11 is 1.45. The number of carbonyl (C=O) groups excluding carboxylic acids is 2.